The second-order valence-electron chi connectivity index (χ2n) is 5.14. The van der Waals surface area contributed by atoms with Gasteiger partial charge in [0.15, 0.2) is 0 Å². The molecule has 0 aliphatic heterocycles. The molecule has 0 radical (unpaired) electrons. The van der Waals surface area contributed by atoms with Crippen LogP contribution < -0.4 is 10.0 Å². The van der Waals surface area contributed by atoms with E-state index < -0.39 is 16.1 Å². The van der Waals surface area contributed by atoms with Crippen LogP contribution in [0, 0.1) is 0 Å². The lowest BCUT2D eigenvalue weighted by Crippen LogP contribution is -2.27. The molecule has 2 aromatic rings. The van der Waals surface area contributed by atoms with Gasteiger partial charge in [-0.05, 0) is 30.7 Å². The minimum atomic E-state index is -3.40. The molecule has 2 aromatic carbocycles. The lowest BCUT2D eigenvalue weighted by molar-refractivity contribution is 0.0940. The summed E-state index contributed by atoms with van der Waals surface area (Å²) in [4.78, 5) is 12.3. The van der Waals surface area contributed by atoms with Crippen molar-refractivity contribution in [1.82, 2.24) is 5.32 Å². The molecule has 0 heterocycles. The van der Waals surface area contributed by atoms with E-state index in [2.05, 4.69) is 10.0 Å². The molecule has 0 aromatic heterocycles. The number of anilines is 1. The molecule has 0 spiro atoms. The topological polar surface area (TPSA) is 75.3 Å². The van der Waals surface area contributed by atoms with Gasteiger partial charge in [-0.25, -0.2) is 8.42 Å². The number of sulfonamides is 1. The Hall–Kier alpha value is -2.05. The smallest absolute Gasteiger partial charge is 0.253 e. The highest BCUT2D eigenvalue weighted by Crippen LogP contribution is 2.24. The largest absolute Gasteiger partial charge is 0.345 e. The molecule has 0 saturated heterocycles. The SMILES string of the molecule is CC(NC(=O)c1ccccc1Cl)c1ccccc1NS(C)(=O)=O. The summed E-state index contributed by atoms with van der Waals surface area (Å²) >= 11 is 6.01. The van der Waals surface area contributed by atoms with Crippen molar-refractivity contribution in [3.8, 4) is 0 Å². The monoisotopic (exact) mass is 352 g/mol. The van der Waals surface area contributed by atoms with Crippen LogP contribution in [0.3, 0.4) is 0 Å². The first-order valence-electron chi connectivity index (χ1n) is 6.90. The van der Waals surface area contributed by atoms with Crippen LogP contribution in [0.15, 0.2) is 48.5 Å². The average molecular weight is 353 g/mol. The van der Waals surface area contributed by atoms with Crippen molar-refractivity contribution in [2.24, 2.45) is 0 Å². The number of para-hydroxylation sites is 1. The van der Waals surface area contributed by atoms with Crippen molar-refractivity contribution in [1.29, 1.82) is 0 Å². The molecular weight excluding hydrogens is 336 g/mol. The fourth-order valence-electron chi connectivity index (χ4n) is 2.16. The maximum absolute atomic E-state index is 12.3. The van der Waals surface area contributed by atoms with Crippen LogP contribution in [-0.2, 0) is 10.0 Å². The number of hydrogen-bond donors (Lipinski definition) is 2. The lowest BCUT2D eigenvalue weighted by Gasteiger charge is -2.18. The van der Waals surface area contributed by atoms with Gasteiger partial charge in [-0.3, -0.25) is 9.52 Å². The average Bonchev–Trinajstić information content (AvgIpc) is 2.46. The quantitative estimate of drug-likeness (QED) is 0.867. The van der Waals surface area contributed by atoms with Crippen LogP contribution in [0.1, 0.15) is 28.9 Å². The van der Waals surface area contributed by atoms with Gasteiger partial charge in [0.1, 0.15) is 0 Å². The van der Waals surface area contributed by atoms with E-state index in [4.69, 9.17) is 11.6 Å². The first kappa shape index (κ1) is 17.3. The normalized spacial score (nSPS) is 12.5. The Morgan fingerprint density at radius 2 is 1.70 bits per heavy atom. The molecule has 0 aliphatic carbocycles. The zero-order chi connectivity index (χ0) is 17.0. The predicted octanol–water partition coefficient (Wildman–Crippen LogP) is 3.20. The summed E-state index contributed by atoms with van der Waals surface area (Å²) in [5.41, 5.74) is 1.47. The highest BCUT2D eigenvalue weighted by molar-refractivity contribution is 7.92. The Balaban J connectivity index is 2.23. The van der Waals surface area contributed by atoms with E-state index in [0.717, 1.165) is 6.26 Å². The van der Waals surface area contributed by atoms with Crippen LogP contribution in [0.4, 0.5) is 5.69 Å². The molecule has 1 unspecified atom stereocenters. The molecule has 0 saturated carbocycles. The maximum atomic E-state index is 12.3. The fourth-order valence-corrected chi connectivity index (χ4v) is 2.97. The first-order valence-corrected chi connectivity index (χ1v) is 9.17. The zero-order valence-corrected chi connectivity index (χ0v) is 14.3. The molecule has 122 valence electrons. The lowest BCUT2D eigenvalue weighted by atomic mass is 10.1. The molecule has 2 rings (SSSR count). The second kappa shape index (κ2) is 7.02. The van der Waals surface area contributed by atoms with Gasteiger partial charge in [-0.2, -0.15) is 0 Å². The number of carbonyl (C=O) groups excluding carboxylic acids is 1. The fraction of sp³-hybridized carbons (Fsp3) is 0.188. The number of rotatable bonds is 5. The minimum Gasteiger partial charge on any atom is -0.345 e. The number of amides is 1. The summed E-state index contributed by atoms with van der Waals surface area (Å²) in [5, 5.41) is 3.18. The van der Waals surface area contributed by atoms with Crippen LogP contribution in [0.2, 0.25) is 5.02 Å². The van der Waals surface area contributed by atoms with E-state index in [0.29, 0.717) is 21.8 Å². The molecule has 7 heteroatoms. The van der Waals surface area contributed by atoms with Crippen molar-refractivity contribution in [2.75, 3.05) is 11.0 Å². The first-order chi connectivity index (χ1) is 10.8. The third-order valence-corrected chi connectivity index (χ3v) is 4.11. The number of benzene rings is 2. The van der Waals surface area contributed by atoms with Crippen LogP contribution in [0.25, 0.3) is 0 Å². The van der Waals surface area contributed by atoms with Gasteiger partial charge in [-0.15, -0.1) is 0 Å². The molecule has 1 amide bonds. The van der Waals surface area contributed by atoms with Crippen molar-refractivity contribution in [3.05, 3.63) is 64.7 Å². The summed E-state index contributed by atoms with van der Waals surface area (Å²) in [5.74, 6) is -0.322. The maximum Gasteiger partial charge on any atom is 0.253 e. The van der Waals surface area contributed by atoms with Gasteiger partial charge in [-0.1, -0.05) is 41.9 Å². The van der Waals surface area contributed by atoms with E-state index >= 15 is 0 Å². The van der Waals surface area contributed by atoms with Crippen molar-refractivity contribution >= 4 is 33.2 Å². The van der Waals surface area contributed by atoms with Crippen LogP contribution in [0.5, 0.6) is 0 Å². The second-order valence-corrected chi connectivity index (χ2v) is 7.29. The minimum absolute atomic E-state index is 0.322. The third-order valence-electron chi connectivity index (χ3n) is 3.19. The highest BCUT2D eigenvalue weighted by Gasteiger charge is 2.17. The van der Waals surface area contributed by atoms with E-state index in [1.54, 1.807) is 55.5 Å². The summed E-state index contributed by atoms with van der Waals surface area (Å²) in [6.07, 6.45) is 1.08. The van der Waals surface area contributed by atoms with Gasteiger partial charge in [0.25, 0.3) is 5.91 Å². The van der Waals surface area contributed by atoms with Crippen LogP contribution >= 0.6 is 11.6 Å². The Morgan fingerprint density at radius 3 is 2.35 bits per heavy atom. The molecular formula is C16H17ClN2O3S. The summed E-state index contributed by atoms with van der Waals surface area (Å²) in [6, 6.07) is 13.2. The molecule has 0 bridgehead atoms. The van der Waals surface area contributed by atoms with E-state index in [1.807, 2.05) is 0 Å². The molecule has 0 aliphatic rings. The molecule has 2 N–H and O–H groups in total. The van der Waals surface area contributed by atoms with Gasteiger partial charge < -0.3 is 5.32 Å². The Labute approximate surface area is 140 Å². The Kier molecular flexibility index (Phi) is 5.28. The Morgan fingerprint density at radius 1 is 1.09 bits per heavy atom. The van der Waals surface area contributed by atoms with Crippen molar-refractivity contribution < 1.29 is 13.2 Å². The number of carbonyl (C=O) groups is 1. The standard InChI is InChI=1S/C16H17ClN2O3S/c1-11(18-16(20)13-8-3-5-9-14(13)17)12-7-4-6-10-15(12)19-23(2,21)22/h3-11,19H,1-2H3,(H,18,20). The number of nitrogens with one attached hydrogen (secondary N) is 2. The van der Waals surface area contributed by atoms with E-state index in [-0.39, 0.29) is 5.91 Å². The summed E-state index contributed by atoms with van der Waals surface area (Å²) in [6.45, 7) is 1.78. The molecule has 23 heavy (non-hydrogen) atoms. The van der Waals surface area contributed by atoms with Crippen molar-refractivity contribution in [2.45, 2.75) is 13.0 Å². The van der Waals surface area contributed by atoms with E-state index in [1.165, 1.54) is 0 Å². The highest BCUT2D eigenvalue weighted by atomic mass is 35.5. The Bertz CT molecular complexity index is 822. The summed E-state index contributed by atoms with van der Waals surface area (Å²) < 4.78 is 25.3. The van der Waals surface area contributed by atoms with Gasteiger partial charge in [0, 0.05) is 0 Å². The summed E-state index contributed by atoms with van der Waals surface area (Å²) in [7, 11) is -3.40. The third kappa shape index (κ3) is 4.71. The zero-order valence-electron chi connectivity index (χ0n) is 12.7. The molecule has 1 atom stereocenters. The van der Waals surface area contributed by atoms with Gasteiger partial charge >= 0.3 is 0 Å². The molecule has 5 nitrogen and oxygen atoms in total. The van der Waals surface area contributed by atoms with Gasteiger partial charge in [0.2, 0.25) is 10.0 Å². The van der Waals surface area contributed by atoms with Crippen molar-refractivity contribution in [3.63, 3.8) is 0 Å². The van der Waals surface area contributed by atoms with Gasteiger partial charge in [0.05, 0.1) is 28.6 Å². The number of hydrogen-bond acceptors (Lipinski definition) is 3. The molecule has 0 fully saturated rings. The van der Waals surface area contributed by atoms with E-state index in [9.17, 15) is 13.2 Å². The predicted molar refractivity (Wildman–Crippen MR) is 92.2 cm³/mol. The number of halogens is 1. The van der Waals surface area contributed by atoms with Crippen LogP contribution in [-0.4, -0.2) is 20.6 Å².